The second-order valence-corrected chi connectivity index (χ2v) is 9.39. The zero-order chi connectivity index (χ0) is 29.1. The van der Waals surface area contributed by atoms with E-state index in [2.05, 4.69) is 29.7 Å². The van der Waals surface area contributed by atoms with Crippen LogP contribution in [0.4, 0.5) is 21.0 Å². The largest absolute Gasteiger partial charge is 0.489 e. The van der Waals surface area contributed by atoms with Crippen molar-refractivity contribution in [2.75, 3.05) is 37.1 Å². The Balaban J connectivity index is 1.29. The lowest BCUT2D eigenvalue weighted by molar-refractivity contribution is 0.137. The van der Waals surface area contributed by atoms with Crippen molar-refractivity contribution in [2.45, 2.75) is 13.3 Å². The van der Waals surface area contributed by atoms with E-state index >= 15 is 0 Å². The van der Waals surface area contributed by atoms with Gasteiger partial charge < -0.3 is 18.9 Å². The van der Waals surface area contributed by atoms with Gasteiger partial charge in [0, 0.05) is 32.9 Å². The molecule has 0 atom stereocenters. The third kappa shape index (κ3) is 7.09. The summed E-state index contributed by atoms with van der Waals surface area (Å²) < 4.78 is 23.2. The number of carbonyl (C=O) groups is 2. The number of hydrogen-bond acceptors (Lipinski definition) is 6. The van der Waals surface area contributed by atoms with E-state index in [0.29, 0.717) is 22.9 Å². The van der Waals surface area contributed by atoms with Gasteiger partial charge in [-0.1, -0.05) is 79.7 Å². The van der Waals surface area contributed by atoms with Crippen LogP contribution in [-0.2, 0) is 15.9 Å². The van der Waals surface area contributed by atoms with Crippen molar-refractivity contribution in [2.24, 2.45) is 0 Å². The molecule has 42 heavy (non-hydrogen) atoms. The highest BCUT2D eigenvalue weighted by Crippen LogP contribution is 2.43. The van der Waals surface area contributed by atoms with E-state index in [9.17, 15) is 9.59 Å². The van der Waals surface area contributed by atoms with Gasteiger partial charge in [-0.2, -0.15) is 0 Å². The summed E-state index contributed by atoms with van der Waals surface area (Å²) >= 11 is 0. The van der Waals surface area contributed by atoms with Gasteiger partial charge in [0.05, 0.1) is 0 Å². The number of ether oxygens (including phenoxy) is 4. The molecule has 8 heteroatoms. The van der Waals surface area contributed by atoms with Crippen molar-refractivity contribution in [1.29, 1.82) is 0 Å². The number of nitrogens with one attached hydrogen (secondary N) is 2. The Hall–Kier alpha value is -5.24. The second kappa shape index (κ2) is 13.9. The summed E-state index contributed by atoms with van der Waals surface area (Å²) in [6, 6.07) is 32.2. The topological polar surface area (TPSA) is 95.1 Å². The van der Waals surface area contributed by atoms with Crippen LogP contribution in [0.1, 0.15) is 12.5 Å². The molecule has 0 aromatic heterocycles. The van der Waals surface area contributed by atoms with Crippen molar-refractivity contribution in [3.63, 3.8) is 0 Å². The van der Waals surface area contributed by atoms with Gasteiger partial charge in [0.1, 0.15) is 37.9 Å². The summed E-state index contributed by atoms with van der Waals surface area (Å²) in [4.78, 5) is 24.4. The molecule has 0 radical (unpaired) electrons. The van der Waals surface area contributed by atoms with Gasteiger partial charge in [0.15, 0.2) is 0 Å². The third-order valence-corrected chi connectivity index (χ3v) is 6.56. The first-order chi connectivity index (χ1) is 20.6. The SMILES string of the molecule is CCc1ccc2c(OCCOC(=O)Nc3ccccc3)c3ccccc3c(OCCOC(=O)Nc3ccccc3)c2c1. The van der Waals surface area contributed by atoms with E-state index in [-0.39, 0.29) is 26.4 Å². The van der Waals surface area contributed by atoms with Gasteiger partial charge >= 0.3 is 12.2 Å². The number of rotatable bonds is 11. The molecule has 0 saturated carbocycles. The Kier molecular flexibility index (Phi) is 9.36. The van der Waals surface area contributed by atoms with Crippen LogP contribution in [0.5, 0.6) is 11.5 Å². The smallest absolute Gasteiger partial charge is 0.411 e. The van der Waals surface area contributed by atoms with Gasteiger partial charge in [0.2, 0.25) is 0 Å². The molecule has 0 fully saturated rings. The summed E-state index contributed by atoms with van der Waals surface area (Å²) in [5.74, 6) is 1.37. The van der Waals surface area contributed by atoms with Gasteiger partial charge in [-0.25, -0.2) is 9.59 Å². The van der Waals surface area contributed by atoms with E-state index in [0.717, 1.165) is 33.5 Å². The Labute approximate surface area is 244 Å². The van der Waals surface area contributed by atoms with Crippen molar-refractivity contribution < 1.29 is 28.5 Å². The summed E-state index contributed by atoms with van der Waals surface area (Å²) in [6.07, 6.45) is -0.238. The Bertz CT molecular complexity index is 1660. The van der Waals surface area contributed by atoms with Crippen molar-refractivity contribution in [3.8, 4) is 11.5 Å². The maximum absolute atomic E-state index is 12.2. The fraction of sp³-hybridized carbons (Fsp3) is 0.176. The molecule has 0 bridgehead atoms. The van der Waals surface area contributed by atoms with Crippen LogP contribution in [0, 0.1) is 0 Å². The van der Waals surface area contributed by atoms with E-state index in [1.807, 2.05) is 66.7 Å². The minimum Gasteiger partial charge on any atom is -0.489 e. The molecule has 0 saturated heterocycles. The van der Waals surface area contributed by atoms with Crippen LogP contribution in [0.2, 0.25) is 0 Å². The Morgan fingerprint density at radius 3 is 1.50 bits per heavy atom. The van der Waals surface area contributed by atoms with Crippen LogP contribution < -0.4 is 20.1 Å². The molecule has 8 nitrogen and oxygen atoms in total. The predicted molar refractivity (Wildman–Crippen MR) is 165 cm³/mol. The Morgan fingerprint density at radius 1 is 0.548 bits per heavy atom. The van der Waals surface area contributed by atoms with E-state index in [1.165, 1.54) is 0 Å². The highest BCUT2D eigenvalue weighted by molar-refractivity contribution is 6.11. The van der Waals surface area contributed by atoms with Crippen molar-refractivity contribution in [1.82, 2.24) is 0 Å². The molecule has 0 heterocycles. The van der Waals surface area contributed by atoms with E-state index < -0.39 is 12.2 Å². The summed E-state index contributed by atoms with van der Waals surface area (Å²) in [7, 11) is 0. The van der Waals surface area contributed by atoms with E-state index in [1.54, 1.807) is 24.3 Å². The third-order valence-electron chi connectivity index (χ3n) is 6.56. The number of carbonyl (C=O) groups excluding carboxylic acids is 2. The van der Waals surface area contributed by atoms with E-state index in [4.69, 9.17) is 18.9 Å². The lowest BCUT2D eigenvalue weighted by Crippen LogP contribution is -2.18. The first kappa shape index (κ1) is 28.3. The monoisotopic (exact) mass is 564 g/mol. The minimum atomic E-state index is -0.546. The first-order valence-electron chi connectivity index (χ1n) is 13.8. The average Bonchev–Trinajstić information content (AvgIpc) is 3.02. The van der Waals surface area contributed by atoms with Gasteiger partial charge in [-0.3, -0.25) is 10.6 Å². The van der Waals surface area contributed by atoms with Crippen LogP contribution in [-0.4, -0.2) is 38.6 Å². The molecule has 0 aliphatic heterocycles. The molecular formula is C34H32N2O6. The molecule has 2 N–H and O–H groups in total. The second-order valence-electron chi connectivity index (χ2n) is 9.39. The maximum Gasteiger partial charge on any atom is 0.411 e. The molecule has 0 spiro atoms. The van der Waals surface area contributed by atoms with Crippen LogP contribution in [0.15, 0.2) is 103 Å². The number of para-hydroxylation sites is 2. The zero-order valence-electron chi connectivity index (χ0n) is 23.3. The fourth-order valence-corrected chi connectivity index (χ4v) is 4.58. The number of amides is 2. The highest BCUT2D eigenvalue weighted by atomic mass is 16.6. The molecule has 5 aromatic carbocycles. The minimum absolute atomic E-state index is 0.0716. The number of benzene rings is 5. The highest BCUT2D eigenvalue weighted by Gasteiger charge is 2.17. The normalized spacial score (nSPS) is 10.7. The zero-order valence-corrected chi connectivity index (χ0v) is 23.3. The maximum atomic E-state index is 12.2. The molecule has 5 rings (SSSR count). The molecule has 0 unspecified atom stereocenters. The molecule has 0 aliphatic carbocycles. The number of fused-ring (bicyclic) bond motifs is 2. The van der Waals surface area contributed by atoms with Gasteiger partial charge in [0.25, 0.3) is 0 Å². The van der Waals surface area contributed by atoms with Gasteiger partial charge in [-0.15, -0.1) is 0 Å². The number of anilines is 2. The van der Waals surface area contributed by atoms with Gasteiger partial charge in [-0.05, 0) is 42.3 Å². The predicted octanol–water partition coefficient (Wildman–Crippen LogP) is 7.81. The molecular weight excluding hydrogens is 532 g/mol. The van der Waals surface area contributed by atoms with Crippen molar-refractivity contribution >= 4 is 45.1 Å². The summed E-state index contributed by atoms with van der Waals surface area (Å²) in [5, 5.41) is 8.88. The lowest BCUT2D eigenvalue weighted by Gasteiger charge is -2.18. The lowest BCUT2D eigenvalue weighted by atomic mass is 9.98. The number of hydrogen-bond donors (Lipinski definition) is 2. The standard InChI is InChI=1S/C34H32N2O6/c1-2-24-17-18-29-30(23-24)32(40-20-22-42-34(38)36-26-13-7-4-8-14-26)28-16-10-9-15-27(28)31(29)39-19-21-41-33(37)35-25-11-5-3-6-12-25/h3-18,23H,2,19-22H2,1H3,(H,35,37)(H,36,38). The summed E-state index contributed by atoms with van der Waals surface area (Å²) in [5.41, 5.74) is 2.46. The van der Waals surface area contributed by atoms with Crippen LogP contribution in [0.25, 0.3) is 21.5 Å². The quantitative estimate of drug-likeness (QED) is 0.126. The van der Waals surface area contributed by atoms with Crippen molar-refractivity contribution in [3.05, 3.63) is 109 Å². The average molecular weight is 565 g/mol. The van der Waals surface area contributed by atoms with Crippen LogP contribution in [0.3, 0.4) is 0 Å². The molecule has 0 aliphatic rings. The summed E-state index contributed by atoms with van der Waals surface area (Å²) in [6.45, 7) is 2.57. The van der Waals surface area contributed by atoms with Crippen LogP contribution >= 0.6 is 0 Å². The molecule has 214 valence electrons. The molecule has 2 amide bonds. The Morgan fingerprint density at radius 2 is 1.00 bits per heavy atom. The number of aryl methyl sites for hydroxylation is 1. The molecule has 5 aromatic rings. The fourth-order valence-electron chi connectivity index (χ4n) is 4.58. The first-order valence-corrected chi connectivity index (χ1v) is 13.8.